The molecule has 0 aliphatic carbocycles. The Kier molecular flexibility index (Phi) is 3.47. The van der Waals surface area contributed by atoms with Gasteiger partial charge in [-0.25, -0.2) is 0 Å². The van der Waals surface area contributed by atoms with Crippen molar-refractivity contribution in [2.75, 3.05) is 7.11 Å². The van der Waals surface area contributed by atoms with Crippen LogP contribution in [0.2, 0.25) is 0 Å². The maximum absolute atomic E-state index is 5.63. The maximum atomic E-state index is 5.63. The second-order valence-corrected chi connectivity index (χ2v) is 3.78. The predicted molar refractivity (Wildman–Crippen MR) is 70.1 cm³/mol. The summed E-state index contributed by atoms with van der Waals surface area (Å²) in [6.07, 6.45) is 5.63. The van der Waals surface area contributed by atoms with Gasteiger partial charge in [0.25, 0.3) is 0 Å². The van der Waals surface area contributed by atoms with E-state index in [-0.39, 0.29) is 5.92 Å². The molecule has 1 unspecified atom stereocenters. The molecule has 1 atom stereocenters. The van der Waals surface area contributed by atoms with Gasteiger partial charge in [-0.2, -0.15) is 0 Å². The van der Waals surface area contributed by atoms with E-state index in [0.717, 1.165) is 16.9 Å². The zero-order valence-corrected chi connectivity index (χ0v) is 9.76. The largest absolute Gasteiger partial charge is 0.497 e. The highest BCUT2D eigenvalue weighted by molar-refractivity contribution is 5.41. The van der Waals surface area contributed by atoms with E-state index in [1.54, 1.807) is 7.11 Å². The Morgan fingerprint density at radius 3 is 2.06 bits per heavy atom. The Hall–Kier alpha value is -2.20. The lowest BCUT2D eigenvalue weighted by molar-refractivity contribution is 0.414. The molecule has 0 aliphatic rings. The van der Waals surface area contributed by atoms with Crippen LogP contribution in [0.25, 0.3) is 0 Å². The summed E-state index contributed by atoms with van der Waals surface area (Å²) in [5, 5.41) is 0. The topological polar surface area (TPSA) is 9.23 Å². The molecule has 1 heteroatoms. The van der Waals surface area contributed by atoms with Crippen LogP contribution in [0.3, 0.4) is 0 Å². The molecule has 2 aromatic rings. The number of hydrogen-bond acceptors (Lipinski definition) is 1. The Morgan fingerprint density at radius 2 is 1.53 bits per heavy atom. The third-order valence-corrected chi connectivity index (χ3v) is 2.75. The van der Waals surface area contributed by atoms with Gasteiger partial charge in [0.2, 0.25) is 0 Å². The number of benzene rings is 2. The van der Waals surface area contributed by atoms with Crippen LogP contribution in [0, 0.1) is 12.3 Å². The molecule has 0 bridgehead atoms. The molecule has 2 rings (SSSR count). The first-order valence-corrected chi connectivity index (χ1v) is 5.50. The summed E-state index contributed by atoms with van der Waals surface area (Å²) < 4.78 is 5.14. The minimum absolute atomic E-state index is 0.00195. The van der Waals surface area contributed by atoms with Gasteiger partial charge in [-0.3, -0.25) is 0 Å². The monoisotopic (exact) mass is 222 g/mol. The smallest absolute Gasteiger partial charge is 0.118 e. The number of hydrogen-bond donors (Lipinski definition) is 0. The van der Waals surface area contributed by atoms with Crippen molar-refractivity contribution in [2.24, 2.45) is 0 Å². The van der Waals surface area contributed by atoms with Gasteiger partial charge in [0, 0.05) is 0 Å². The summed E-state index contributed by atoms with van der Waals surface area (Å²) in [7, 11) is 1.66. The fourth-order valence-electron chi connectivity index (χ4n) is 1.83. The second kappa shape index (κ2) is 5.23. The third-order valence-electron chi connectivity index (χ3n) is 2.75. The van der Waals surface area contributed by atoms with Crippen LogP contribution in [0.1, 0.15) is 17.0 Å². The van der Waals surface area contributed by atoms with Crippen molar-refractivity contribution in [3.05, 3.63) is 65.7 Å². The van der Waals surface area contributed by atoms with Crippen molar-refractivity contribution in [2.45, 2.75) is 5.92 Å². The van der Waals surface area contributed by atoms with E-state index in [0.29, 0.717) is 0 Å². The lowest BCUT2D eigenvalue weighted by Crippen LogP contribution is -1.97. The molecule has 84 valence electrons. The SMILES string of the molecule is C#CC(c1ccccc1)c1ccc(OC)cc1. The minimum Gasteiger partial charge on any atom is -0.497 e. The normalized spacial score (nSPS) is 11.5. The highest BCUT2D eigenvalue weighted by atomic mass is 16.5. The zero-order valence-electron chi connectivity index (χ0n) is 9.76. The Morgan fingerprint density at radius 1 is 0.941 bits per heavy atom. The maximum Gasteiger partial charge on any atom is 0.118 e. The van der Waals surface area contributed by atoms with Gasteiger partial charge in [-0.05, 0) is 23.3 Å². The van der Waals surface area contributed by atoms with Crippen molar-refractivity contribution in [1.29, 1.82) is 0 Å². The summed E-state index contributed by atoms with van der Waals surface area (Å²) in [5.74, 6) is 3.68. The van der Waals surface area contributed by atoms with E-state index in [9.17, 15) is 0 Å². The van der Waals surface area contributed by atoms with Crippen LogP contribution in [0.15, 0.2) is 54.6 Å². The highest BCUT2D eigenvalue weighted by Crippen LogP contribution is 2.25. The first-order chi connectivity index (χ1) is 8.35. The van der Waals surface area contributed by atoms with Crippen LogP contribution in [0.4, 0.5) is 0 Å². The third kappa shape index (κ3) is 2.49. The van der Waals surface area contributed by atoms with E-state index in [2.05, 4.69) is 18.1 Å². The van der Waals surface area contributed by atoms with E-state index in [1.165, 1.54) is 0 Å². The fourth-order valence-corrected chi connectivity index (χ4v) is 1.83. The molecular weight excluding hydrogens is 208 g/mol. The lowest BCUT2D eigenvalue weighted by atomic mass is 9.92. The van der Waals surface area contributed by atoms with Gasteiger partial charge in [-0.1, -0.05) is 48.4 Å². The average Bonchev–Trinajstić information content (AvgIpc) is 2.42. The Labute approximate surface area is 102 Å². The van der Waals surface area contributed by atoms with Gasteiger partial charge < -0.3 is 4.74 Å². The van der Waals surface area contributed by atoms with Crippen LogP contribution in [0.5, 0.6) is 5.75 Å². The Bertz CT molecular complexity index is 505. The standard InChI is InChI=1S/C16H14O/c1-3-16(13-7-5-4-6-8-13)14-9-11-15(17-2)12-10-14/h1,4-12,16H,2H3. The number of methoxy groups -OCH3 is 1. The predicted octanol–water partition coefficient (Wildman–Crippen LogP) is 3.46. The molecule has 1 nitrogen and oxygen atoms in total. The number of ether oxygens (including phenoxy) is 1. The average molecular weight is 222 g/mol. The van der Waals surface area contributed by atoms with Gasteiger partial charge in [0.1, 0.15) is 5.75 Å². The Balaban J connectivity index is 2.33. The molecule has 0 saturated carbocycles. The zero-order chi connectivity index (χ0) is 12.1. The first kappa shape index (κ1) is 11.3. The van der Waals surface area contributed by atoms with E-state index < -0.39 is 0 Å². The van der Waals surface area contributed by atoms with Crippen molar-refractivity contribution < 1.29 is 4.74 Å². The van der Waals surface area contributed by atoms with Gasteiger partial charge in [0.05, 0.1) is 13.0 Å². The molecule has 17 heavy (non-hydrogen) atoms. The summed E-state index contributed by atoms with van der Waals surface area (Å²) in [6, 6.07) is 18.0. The van der Waals surface area contributed by atoms with Gasteiger partial charge in [-0.15, -0.1) is 6.42 Å². The van der Waals surface area contributed by atoms with E-state index in [4.69, 9.17) is 11.2 Å². The molecular formula is C16H14O. The highest BCUT2D eigenvalue weighted by Gasteiger charge is 2.10. The van der Waals surface area contributed by atoms with Crippen molar-refractivity contribution in [1.82, 2.24) is 0 Å². The fraction of sp³-hybridized carbons (Fsp3) is 0.125. The molecule has 0 spiro atoms. The van der Waals surface area contributed by atoms with Crippen molar-refractivity contribution in [3.8, 4) is 18.1 Å². The van der Waals surface area contributed by atoms with Crippen LogP contribution < -0.4 is 4.74 Å². The van der Waals surface area contributed by atoms with E-state index in [1.807, 2.05) is 42.5 Å². The lowest BCUT2D eigenvalue weighted by Gasteiger charge is -2.12. The first-order valence-electron chi connectivity index (χ1n) is 5.50. The summed E-state index contributed by atoms with van der Waals surface area (Å²) in [4.78, 5) is 0. The molecule has 0 fully saturated rings. The quantitative estimate of drug-likeness (QED) is 0.723. The van der Waals surface area contributed by atoms with Gasteiger partial charge >= 0.3 is 0 Å². The summed E-state index contributed by atoms with van der Waals surface area (Å²) in [6.45, 7) is 0. The minimum atomic E-state index is 0.00195. The number of terminal acetylenes is 1. The van der Waals surface area contributed by atoms with E-state index >= 15 is 0 Å². The molecule has 0 aliphatic heterocycles. The molecule has 2 aromatic carbocycles. The molecule has 0 saturated heterocycles. The van der Waals surface area contributed by atoms with Crippen LogP contribution in [-0.4, -0.2) is 7.11 Å². The van der Waals surface area contributed by atoms with Crippen molar-refractivity contribution >= 4 is 0 Å². The van der Waals surface area contributed by atoms with Crippen LogP contribution in [-0.2, 0) is 0 Å². The molecule has 0 heterocycles. The van der Waals surface area contributed by atoms with Gasteiger partial charge in [0.15, 0.2) is 0 Å². The number of rotatable bonds is 3. The summed E-state index contributed by atoms with van der Waals surface area (Å²) in [5.41, 5.74) is 2.25. The molecule has 0 N–H and O–H groups in total. The molecule has 0 aromatic heterocycles. The second-order valence-electron chi connectivity index (χ2n) is 3.78. The summed E-state index contributed by atoms with van der Waals surface area (Å²) >= 11 is 0. The van der Waals surface area contributed by atoms with Crippen molar-refractivity contribution in [3.63, 3.8) is 0 Å². The molecule has 0 radical (unpaired) electrons. The molecule has 0 amide bonds. The van der Waals surface area contributed by atoms with Crippen LogP contribution >= 0.6 is 0 Å².